The Morgan fingerprint density at radius 2 is 1.77 bits per heavy atom. The first-order chi connectivity index (χ1) is 14.5. The Labute approximate surface area is 178 Å². The Balaban J connectivity index is 1.69. The molecule has 0 saturated heterocycles. The van der Waals surface area contributed by atoms with Gasteiger partial charge in [0.15, 0.2) is 11.5 Å². The fraction of sp³-hybridized carbons (Fsp3) is 0.417. The third-order valence-electron chi connectivity index (χ3n) is 5.43. The van der Waals surface area contributed by atoms with Crippen molar-refractivity contribution in [3.8, 4) is 11.5 Å². The van der Waals surface area contributed by atoms with Gasteiger partial charge in [-0.3, -0.25) is 9.59 Å². The molecule has 2 amide bonds. The summed E-state index contributed by atoms with van der Waals surface area (Å²) in [5, 5.41) is 2.99. The summed E-state index contributed by atoms with van der Waals surface area (Å²) in [7, 11) is 0. The average molecular weight is 411 g/mol. The molecule has 0 radical (unpaired) electrons. The minimum absolute atomic E-state index is 0.0525. The number of nitrogens with one attached hydrogen (secondary N) is 1. The number of amides is 2. The molecular formula is C24H30N2O4. The largest absolute Gasteiger partial charge is 0.454 e. The molecule has 30 heavy (non-hydrogen) atoms. The van der Waals surface area contributed by atoms with Gasteiger partial charge in [0, 0.05) is 19.0 Å². The number of hydrogen-bond donors (Lipinski definition) is 1. The van der Waals surface area contributed by atoms with Crippen LogP contribution in [0.1, 0.15) is 44.7 Å². The zero-order valence-corrected chi connectivity index (χ0v) is 17.9. The van der Waals surface area contributed by atoms with Crippen molar-refractivity contribution in [2.24, 2.45) is 0 Å². The molecule has 0 fully saturated rings. The molecule has 1 aliphatic heterocycles. The Morgan fingerprint density at radius 3 is 2.50 bits per heavy atom. The van der Waals surface area contributed by atoms with E-state index in [4.69, 9.17) is 9.47 Å². The SMILES string of the molecule is CCC(C)NC(=O)C(C)N(Cc1ccccc1)C(=O)CCc1ccc2c(c1)OCO2. The van der Waals surface area contributed by atoms with E-state index in [1.807, 2.05) is 62.4 Å². The van der Waals surface area contributed by atoms with Gasteiger partial charge in [-0.2, -0.15) is 0 Å². The van der Waals surface area contributed by atoms with Crippen molar-refractivity contribution in [2.75, 3.05) is 6.79 Å². The van der Waals surface area contributed by atoms with Crippen LogP contribution in [0.4, 0.5) is 0 Å². The first-order valence-electron chi connectivity index (χ1n) is 10.5. The molecule has 0 aliphatic carbocycles. The van der Waals surface area contributed by atoms with Crippen LogP contribution in [0.25, 0.3) is 0 Å². The summed E-state index contributed by atoms with van der Waals surface area (Å²) in [6, 6.07) is 15.0. The monoisotopic (exact) mass is 410 g/mol. The summed E-state index contributed by atoms with van der Waals surface area (Å²) in [6.45, 7) is 6.40. The van der Waals surface area contributed by atoms with Crippen LogP contribution in [0.15, 0.2) is 48.5 Å². The van der Waals surface area contributed by atoms with Crippen LogP contribution < -0.4 is 14.8 Å². The van der Waals surface area contributed by atoms with Gasteiger partial charge in [-0.15, -0.1) is 0 Å². The van der Waals surface area contributed by atoms with Crippen molar-refractivity contribution >= 4 is 11.8 Å². The highest BCUT2D eigenvalue weighted by Gasteiger charge is 2.26. The van der Waals surface area contributed by atoms with E-state index in [1.54, 1.807) is 11.8 Å². The molecule has 1 heterocycles. The second-order valence-electron chi connectivity index (χ2n) is 7.69. The third kappa shape index (κ3) is 5.53. The first-order valence-corrected chi connectivity index (χ1v) is 10.5. The Bertz CT molecular complexity index is 869. The number of rotatable bonds is 9. The fourth-order valence-corrected chi connectivity index (χ4v) is 3.32. The predicted octanol–water partition coefficient (Wildman–Crippen LogP) is 3.68. The molecule has 160 valence electrons. The summed E-state index contributed by atoms with van der Waals surface area (Å²) < 4.78 is 10.8. The first kappa shape index (κ1) is 21.7. The number of nitrogens with zero attached hydrogens (tertiary/aromatic N) is 1. The van der Waals surface area contributed by atoms with E-state index in [-0.39, 0.29) is 24.6 Å². The van der Waals surface area contributed by atoms with Crippen LogP contribution in [0.5, 0.6) is 11.5 Å². The predicted molar refractivity (Wildman–Crippen MR) is 115 cm³/mol. The molecule has 0 bridgehead atoms. The number of ether oxygens (including phenoxy) is 2. The van der Waals surface area contributed by atoms with Gasteiger partial charge >= 0.3 is 0 Å². The Morgan fingerprint density at radius 1 is 1.03 bits per heavy atom. The molecule has 6 nitrogen and oxygen atoms in total. The lowest BCUT2D eigenvalue weighted by atomic mass is 10.1. The minimum Gasteiger partial charge on any atom is -0.454 e. The number of benzene rings is 2. The van der Waals surface area contributed by atoms with Crippen LogP contribution in [-0.4, -0.2) is 35.6 Å². The second-order valence-corrected chi connectivity index (χ2v) is 7.69. The van der Waals surface area contributed by atoms with Gasteiger partial charge in [0.05, 0.1) is 0 Å². The number of aryl methyl sites for hydroxylation is 1. The van der Waals surface area contributed by atoms with Gasteiger partial charge in [-0.1, -0.05) is 43.3 Å². The molecule has 3 rings (SSSR count). The van der Waals surface area contributed by atoms with E-state index in [0.29, 0.717) is 25.1 Å². The lowest BCUT2D eigenvalue weighted by molar-refractivity contribution is -0.140. The smallest absolute Gasteiger partial charge is 0.242 e. The van der Waals surface area contributed by atoms with Gasteiger partial charge in [-0.25, -0.2) is 0 Å². The molecule has 2 unspecified atom stereocenters. The number of fused-ring (bicyclic) bond motifs is 1. The normalized spacial score (nSPS) is 14.1. The number of carbonyl (C=O) groups is 2. The zero-order valence-electron chi connectivity index (χ0n) is 17.9. The van der Waals surface area contributed by atoms with Crippen molar-refractivity contribution in [1.29, 1.82) is 0 Å². The van der Waals surface area contributed by atoms with E-state index in [1.165, 1.54) is 0 Å². The maximum Gasteiger partial charge on any atom is 0.242 e. The van der Waals surface area contributed by atoms with Crippen LogP contribution in [0.2, 0.25) is 0 Å². The molecule has 0 spiro atoms. The van der Waals surface area contributed by atoms with E-state index in [9.17, 15) is 9.59 Å². The molecule has 6 heteroatoms. The lowest BCUT2D eigenvalue weighted by Gasteiger charge is -2.29. The molecule has 0 saturated carbocycles. The minimum atomic E-state index is -0.552. The summed E-state index contributed by atoms with van der Waals surface area (Å²) in [5.41, 5.74) is 2.00. The molecule has 2 atom stereocenters. The maximum absolute atomic E-state index is 13.1. The van der Waals surface area contributed by atoms with Crippen molar-refractivity contribution in [3.05, 3.63) is 59.7 Å². The van der Waals surface area contributed by atoms with Gasteiger partial charge in [0.2, 0.25) is 18.6 Å². The summed E-state index contributed by atoms with van der Waals surface area (Å²) in [4.78, 5) is 27.5. The maximum atomic E-state index is 13.1. The van der Waals surface area contributed by atoms with Gasteiger partial charge in [-0.05, 0) is 49.9 Å². The van der Waals surface area contributed by atoms with Crippen molar-refractivity contribution < 1.29 is 19.1 Å². The molecule has 1 aliphatic rings. The highest BCUT2D eigenvalue weighted by atomic mass is 16.7. The molecular weight excluding hydrogens is 380 g/mol. The number of carbonyl (C=O) groups excluding carboxylic acids is 2. The highest BCUT2D eigenvalue weighted by Crippen LogP contribution is 2.32. The fourth-order valence-electron chi connectivity index (χ4n) is 3.32. The molecule has 1 N–H and O–H groups in total. The summed E-state index contributed by atoms with van der Waals surface area (Å²) >= 11 is 0. The van der Waals surface area contributed by atoms with Gasteiger partial charge in [0.25, 0.3) is 0 Å². The summed E-state index contributed by atoms with van der Waals surface area (Å²) in [5.74, 6) is 1.26. The summed E-state index contributed by atoms with van der Waals surface area (Å²) in [6.07, 6.45) is 1.73. The van der Waals surface area contributed by atoms with E-state index in [0.717, 1.165) is 23.3 Å². The van der Waals surface area contributed by atoms with Crippen LogP contribution in [0, 0.1) is 0 Å². The van der Waals surface area contributed by atoms with Crippen molar-refractivity contribution in [1.82, 2.24) is 10.2 Å². The van der Waals surface area contributed by atoms with E-state index in [2.05, 4.69) is 5.32 Å². The molecule has 0 aromatic heterocycles. The average Bonchev–Trinajstić information content (AvgIpc) is 3.23. The lowest BCUT2D eigenvalue weighted by Crippen LogP contribution is -2.49. The topological polar surface area (TPSA) is 67.9 Å². The standard InChI is InChI=1S/C24H30N2O4/c1-4-17(2)25-24(28)18(3)26(15-20-8-6-5-7-9-20)23(27)13-11-19-10-12-21-22(14-19)30-16-29-21/h5-10,12,14,17-18H,4,11,13,15-16H2,1-3H3,(H,25,28). The van der Waals surface area contributed by atoms with Gasteiger partial charge in [0.1, 0.15) is 6.04 Å². The van der Waals surface area contributed by atoms with Crippen molar-refractivity contribution in [3.63, 3.8) is 0 Å². The van der Waals surface area contributed by atoms with E-state index < -0.39 is 6.04 Å². The molecule has 2 aromatic carbocycles. The van der Waals surface area contributed by atoms with Crippen LogP contribution >= 0.6 is 0 Å². The number of hydrogen-bond acceptors (Lipinski definition) is 4. The van der Waals surface area contributed by atoms with Crippen LogP contribution in [-0.2, 0) is 22.6 Å². The third-order valence-corrected chi connectivity index (χ3v) is 5.43. The molecule has 2 aromatic rings. The van der Waals surface area contributed by atoms with Crippen LogP contribution in [0.3, 0.4) is 0 Å². The zero-order chi connectivity index (χ0) is 21.5. The Kier molecular flexibility index (Phi) is 7.33. The Hall–Kier alpha value is -3.02. The van der Waals surface area contributed by atoms with Gasteiger partial charge < -0.3 is 19.7 Å². The second kappa shape index (κ2) is 10.1. The van der Waals surface area contributed by atoms with Crippen molar-refractivity contribution in [2.45, 2.75) is 58.7 Å². The van der Waals surface area contributed by atoms with E-state index >= 15 is 0 Å². The highest BCUT2D eigenvalue weighted by molar-refractivity contribution is 5.87. The quantitative estimate of drug-likeness (QED) is 0.685.